The summed E-state index contributed by atoms with van der Waals surface area (Å²) in [5, 5.41) is 28.7. The topological polar surface area (TPSA) is 125 Å². The van der Waals surface area contributed by atoms with Crippen LogP contribution in [0.3, 0.4) is 0 Å². The lowest BCUT2D eigenvalue weighted by Crippen LogP contribution is -2.29. The van der Waals surface area contributed by atoms with Crippen molar-refractivity contribution in [2.24, 2.45) is 17.7 Å². The van der Waals surface area contributed by atoms with E-state index in [-0.39, 0.29) is 12.0 Å². The molecule has 9 heteroatoms. The van der Waals surface area contributed by atoms with Crippen LogP contribution in [0.4, 0.5) is 11.6 Å². The smallest absolute Gasteiger partial charge is 0.155 e. The van der Waals surface area contributed by atoms with E-state index >= 15 is 0 Å². The molecule has 0 bridgehead atoms. The average molecular weight is 488 g/mol. The molecule has 0 saturated heterocycles. The van der Waals surface area contributed by atoms with Crippen LogP contribution in [0.25, 0.3) is 21.9 Å². The summed E-state index contributed by atoms with van der Waals surface area (Å²) in [6.45, 7) is 0.994. The van der Waals surface area contributed by atoms with E-state index in [4.69, 9.17) is 10.8 Å². The van der Waals surface area contributed by atoms with Crippen molar-refractivity contribution in [3.8, 4) is 0 Å². The number of fused-ring (bicyclic) bond motifs is 2. The number of hydrazine groups is 1. The Balaban J connectivity index is 1.16. The number of anilines is 2. The van der Waals surface area contributed by atoms with Gasteiger partial charge in [0.25, 0.3) is 0 Å². The van der Waals surface area contributed by atoms with Crippen molar-refractivity contribution in [1.29, 1.82) is 0 Å². The second-order valence-corrected chi connectivity index (χ2v) is 10.4. The number of hydrogen-bond acceptors (Lipinski definition) is 8. The first-order valence-corrected chi connectivity index (χ1v) is 12.8. The Morgan fingerprint density at radius 2 is 1.94 bits per heavy atom. The molecule has 6 rings (SSSR count). The molecular formula is C27H33N7O2. The van der Waals surface area contributed by atoms with Crippen LogP contribution in [0.5, 0.6) is 0 Å². The molecule has 0 unspecified atom stereocenters. The summed E-state index contributed by atoms with van der Waals surface area (Å²) in [7, 11) is 1.73. The summed E-state index contributed by atoms with van der Waals surface area (Å²) in [6, 6.07) is 12.2. The molecule has 4 aromatic rings. The molecule has 0 spiro atoms. The number of nitrogens with one attached hydrogen (secondary N) is 1. The maximum atomic E-state index is 10.9. The fraction of sp³-hybridized carbons (Fsp3) is 0.444. The van der Waals surface area contributed by atoms with Crippen LogP contribution in [0.2, 0.25) is 0 Å². The summed E-state index contributed by atoms with van der Waals surface area (Å²) in [4.78, 5) is 13.5. The first kappa shape index (κ1) is 23.1. The van der Waals surface area contributed by atoms with E-state index in [1.165, 1.54) is 29.7 Å². The molecule has 0 radical (unpaired) electrons. The molecule has 1 aromatic carbocycles. The molecule has 188 valence electrons. The predicted octanol–water partition coefficient (Wildman–Crippen LogP) is 3.03. The summed E-state index contributed by atoms with van der Waals surface area (Å²) in [5.41, 5.74) is 2.88. The minimum absolute atomic E-state index is 0.0175. The highest BCUT2D eigenvalue weighted by Crippen LogP contribution is 2.40. The van der Waals surface area contributed by atoms with Crippen molar-refractivity contribution in [2.75, 3.05) is 23.9 Å². The Labute approximate surface area is 210 Å². The third kappa shape index (κ3) is 4.38. The van der Waals surface area contributed by atoms with Crippen molar-refractivity contribution < 1.29 is 10.2 Å². The van der Waals surface area contributed by atoms with Crippen LogP contribution in [0.15, 0.2) is 48.9 Å². The van der Waals surface area contributed by atoms with Crippen LogP contribution in [-0.4, -0.2) is 55.5 Å². The lowest BCUT2D eigenvalue weighted by atomic mass is 9.95. The lowest BCUT2D eigenvalue weighted by Gasteiger charge is -2.19. The van der Waals surface area contributed by atoms with Crippen molar-refractivity contribution in [3.05, 3.63) is 54.5 Å². The fourth-order valence-corrected chi connectivity index (χ4v) is 5.51. The standard InChI is InChI=1S/C27H33N7O2/c1-33(28)26-20-10-11-34(27(20)31-15-30-26)22-13-19(24(35)25(22)36)7-5-16-4-6-18-8-9-23(32-21(18)12-16)29-14-17-2-3-17/h4,6,8-12,15,17,19,22,24-25,35-36H,2-3,5,7,13-14,28H2,1H3,(H,29,32)/t19-,22+,24+,25-/m0/s1. The number of pyridine rings is 1. The Bertz CT molecular complexity index is 1380. The van der Waals surface area contributed by atoms with Crippen molar-refractivity contribution in [3.63, 3.8) is 0 Å². The van der Waals surface area contributed by atoms with Gasteiger partial charge in [-0.15, -0.1) is 0 Å². The zero-order valence-corrected chi connectivity index (χ0v) is 20.5. The molecular weight excluding hydrogens is 454 g/mol. The third-order valence-corrected chi connectivity index (χ3v) is 7.78. The number of nitrogens with zero attached hydrogens (tertiary/aromatic N) is 5. The first-order chi connectivity index (χ1) is 17.5. The molecule has 36 heavy (non-hydrogen) atoms. The number of aliphatic hydroxyl groups excluding tert-OH is 2. The van der Waals surface area contributed by atoms with Gasteiger partial charge in [-0.2, -0.15) is 0 Å². The van der Waals surface area contributed by atoms with E-state index in [0.717, 1.165) is 47.4 Å². The predicted molar refractivity (Wildman–Crippen MR) is 141 cm³/mol. The number of benzene rings is 1. The van der Waals surface area contributed by atoms with E-state index in [1.54, 1.807) is 7.05 Å². The summed E-state index contributed by atoms with van der Waals surface area (Å²) >= 11 is 0. The number of aryl methyl sites for hydroxylation is 1. The first-order valence-electron chi connectivity index (χ1n) is 12.8. The lowest BCUT2D eigenvalue weighted by molar-refractivity contribution is 0.00545. The van der Waals surface area contributed by atoms with Gasteiger partial charge < -0.3 is 20.1 Å². The van der Waals surface area contributed by atoms with Crippen LogP contribution in [-0.2, 0) is 6.42 Å². The largest absolute Gasteiger partial charge is 0.390 e. The van der Waals surface area contributed by atoms with Crippen LogP contribution in [0.1, 0.15) is 37.3 Å². The van der Waals surface area contributed by atoms with Gasteiger partial charge in [-0.25, -0.2) is 20.8 Å². The zero-order valence-electron chi connectivity index (χ0n) is 20.5. The number of nitrogens with two attached hydrogens (primary N) is 1. The van der Waals surface area contributed by atoms with Crippen molar-refractivity contribution >= 4 is 33.6 Å². The minimum atomic E-state index is -0.863. The van der Waals surface area contributed by atoms with Gasteiger partial charge in [0.2, 0.25) is 0 Å². The van der Waals surface area contributed by atoms with Gasteiger partial charge in [0.1, 0.15) is 23.9 Å². The van der Waals surface area contributed by atoms with Crippen molar-refractivity contribution in [2.45, 2.75) is 50.4 Å². The molecule has 3 heterocycles. The molecule has 9 nitrogen and oxygen atoms in total. The minimum Gasteiger partial charge on any atom is -0.390 e. The molecule has 2 saturated carbocycles. The maximum Gasteiger partial charge on any atom is 0.155 e. The molecule has 2 fully saturated rings. The van der Waals surface area contributed by atoms with Gasteiger partial charge in [-0.05, 0) is 73.8 Å². The number of aliphatic hydroxyl groups is 2. The normalized spacial score (nSPS) is 24.0. The Morgan fingerprint density at radius 1 is 1.11 bits per heavy atom. The molecule has 5 N–H and O–H groups in total. The van der Waals surface area contributed by atoms with Gasteiger partial charge in [0.15, 0.2) is 5.82 Å². The van der Waals surface area contributed by atoms with Crippen molar-refractivity contribution in [1.82, 2.24) is 19.5 Å². The van der Waals surface area contributed by atoms with Crippen LogP contribution < -0.4 is 16.2 Å². The molecule has 4 atom stereocenters. The molecule has 3 aromatic heterocycles. The van der Waals surface area contributed by atoms with E-state index < -0.39 is 12.2 Å². The number of rotatable bonds is 8. The average Bonchev–Trinajstić information content (AvgIpc) is 3.56. The third-order valence-electron chi connectivity index (χ3n) is 7.78. The highest BCUT2D eigenvalue weighted by molar-refractivity contribution is 5.87. The Kier molecular flexibility index (Phi) is 5.99. The summed E-state index contributed by atoms with van der Waals surface area (Å²) in [5.74, 6) is 8.25. The zero-order chi connectivity index (χ0) is 24.8. The highest BCUT2D eigenvalue weighted by atomic mass is 16.3. The fourth-order valence-electron chi connectivity index (χ4n) is 5.51. The van der Waals surface area contributed by atoms with Gasteiger partial charge in [0.05, 0.1) is 23.0 Å². The molecule has 2 aliphatic rings. The quantitative estimate of drug-likeness (QED) is 0.221. The molecule has 0 aliphatic heterocycles. The SMILES string of the molecule is CN(N)c1ncnc2c1ccn2[C@@H]1C[C@H](CCc2ccc3ccc(NCC4CC4)nc3c2)[C@@H](O)[C@H]1O. The van der Waals surface area contributed by atoms with Gasteiger partial charge in [0, 0.05) is 25.2 Å². The van der Waals surface area contributed by atoms with Crippen LogP contribution >= 0.6 is 0 Å². The van der Waals surface area contributed by atoms with E-state index in [9.17, 15) is 10.2 Å². The monoisotopic (exact) mass is 487 g/mol. The van der Waals surface area contributed by atoms with E-state index in [1.807, 2.05) is 22.9 Å². The van der Waals surface area contributed by atoms with Gasteiger partial charge in [-0.1, -0.05) is 12.1 Å². The number of aromatic nitrogens is 4. The van der Waals surface area contributed by atoms with E-state index in [0.29, 0.717) is 17.9 Å². The van der Waals surface area contributed by atoms with Gasteiger partial charge in [-0.3, -0.25) is 5.01 Å². The summed E-state index contributed by atoms with van der Waals surface area (Å²) in [6.07, 6.45) is 6.62. The molecule has 2 aliphatic carbocycles. The summed E-state index contributed by atoms with van der Waals surface area (Å²) < 4.78 is 1.95. The number of hydrogen-bond donors (Lipinski definition) is 4. The molecule has 0 amide bonds. The Hall–Kier alpha value is -3.27. The van der Waals surface area contributed by atoms with E-state index in [2.05, 4.69) is 39.6 Å². The van der Waals surface area contributed by atoms with Gasteiger partial charge >= 0.3 is 0 Å². The second kappa shape index (κ2) is 9.31. The second-order valence-electron chi connectivity index (χ2n) is 10.4. The highest BCUT2D eigenvalue weighted by Gasteiger charge is 2.42. The maximum absolute atomic E-state index is 10.9. The van der Waals surface area contributed by atoms with Crippen LogP contribution in [0, 0.1) is 11.8 Å². The Morgan fingerprint density at radius 3 is 2.75 bits per heavy atom.